The van der Waals surface area contributed by atoms with Gasteiger partial charge < -0.3 is 29.6 Å². The van der Waals surface area contributed by atoms with Gasteiger partial charge in [0.1, 0.15) is 0 Å². The molecule has 0 bridgehead atoms. The maximum atomic E-state index is 6.05. The number of ether oxygens (including phenoxy) is 4. The van der Waals surface area contributed by atoms with E-state index in [0.717, 1.165) is 77.6 Å². The van der Waals surface area contributed by atoms with Crippen molar-refractivity contribution in [3.05, 3.63) is 35.4 Å². The molecule has 0 radical (unpaired) electrons. The van der Waals surface area contributed by atoms with Gasteiger partial charge in [-0.3, -0.25) is 0 Å². The number of nitrogens with zero attached hydrogens (tertiary/aromatic N) is 1. The van der Waals surface area contributed by atoms with Crippen LogP contribution in [-0.2, 0) is 32.1 Å². The van der Waals surface area contributed by atoms with Crippen LogP contribution in [0.2, 0.25) is 0 Å². The van der Waals surface area contributed by atoms with Crippen molar-refractivity contribution in [2.45, 2.75) is 64.4 Å². The minimum Gasteiger partial charge on any atom is -0.381 e. The highest BCUT2D eigenvalue weighted by atomic mass is 16.5. The zero-order chi connectivity index (χ0) is 21.6. The van der Waals surface area contributed by atoms with Crippen LogP contribution in [0.5, 0.6) is 0 Å². The SMILES string of the molecule is CCNC(=NCc1cccc(COC2CCOCC2)c1)NCCCOCC1CCCO1. The lowest BCUT2D eigenvalue weighted by molar-refractivity contribution is -0.0390. The summed E-state index contributed by atoms with van der Waals surface area (Å²) in [7, 11) is 0. The summed E-state index contributed by atoms with van der Waals surface area (Å²) in [6.07, 6.45) is 5.81. The van der Waals surface area contributed by atoms with Crippen molar-refractivity contribution < 1.29 is 18.9 Å². The highest BCUT2D eigenvalue weighted by Crippen LogP contribution is 2.15. The number of guanidine groups is 1. The fraction of sp³-hybridized carbons (Fsp3) is 0.708. The van der Waals surface area contributed by atoms with Crippen molar-refractivity contribution in [1.82, 2.24) is 10.6 Å². The first-order chi connectivity index (χ1) is 15.3. The number of aliphatic imine (C=N–C) groups is 1. The summed E-state index contributed by atoms with van der Waals surface area (Å²) >= 11 is 0. The molecule has 174 valence electrons. The Labute approximate surface area is 186 Å². The van der Waals surface area contributed by atoms with Crippen LogP contribution in [-0.4, -0.2) is 64.3 Å². The van der Waals surface area contributed by atoms with Crippen molar-refractivity contribution >= 4 is 5.96 Å². The molecule has 1 atom stereocenters. The van der Waals surface area contributed by atoms with E-state index in [1.54, 1.807) is 0 Å². The molecule has 1 unspecified atom stereocenters. The molecule has 0 aliphatic carbocycles. The predicted octanol–water partition coefficient (Wildman–Crippen LogP) is 3.02. The van der Waals surface area contributed by atoms with E-state index in [4.69, 9.17) is 23.9 Å². The largest absolute Gasteiger partial charge is 0.381 e. The molecule has 0 saturated carbocycles. The van der Waals surface area contributed by atoms with Gasteiger partial charge in [0, 0.05) is 39.5 Å². The minimum atomic E-state index is 0.296. The molecule has 1 aromatic carbocycles. The number of hydrogen-bond donors (Lipinski definition) is 2. The van der Waals surface area contributed by atoms with Crippen LogP contribution in [0.4, 0.5) is 0 Å². The molecular formula is C24H39N3O4. The lowest BCUT2D eigenvalue weighted by Gasteiger charge is -2.22. The molecule has 2 saturated heterocycles. The number of rotatable bonds is 12. The third kappa shape index (κ3) is 9.56. The third-order valence-electron chi connectivity index (χ3n) is 5.50. The Bertz CT molecular complexity index is 643. The lowest BCUT2D eigenvalue weighted by Crippen LogP contribution is -2.38. The second kappa shape index (κ2) is 14.4. The summed E-state index contributed by atoms with van der Waals surface area (Å²) in [5, 5.41) is 6.71. The maximum Gasteiger partial charge on any atom is 0.191 e. The molecule has 31 heavy (non-hydrogen) atoms. The van der Waals surface area contributed by atoms with Crippen molar-refractivity contribution in [3.8, 4) is 0 Å². The van der Waals surface area contributed by atoms with E-state index in [0.29, 0.717) is 32.0 Å². The van der Waals surface area contributed by atoms with E-state index in [1.165, 1.54) is 11.1 Å². The Morgan fingerprint density at radius 3 is 2.81 bits per heavy atom. The van der Waals surface area contributed by atoms with Gasteiger partial charge in [0.05, 0.1) is 32.0 Å². The van der Waals surface area contributed by atoms with Crippen LogP contribution in [0.1, 0.15) is 50.2 Å². The average Bonchev–Trinajstić information content (AvgIpc) is 3.33. The van der Waals surface area contributed by atoms with Gasteiger partial charge in [-0.15, -0.1) is 0 Å². The molecule has 2 N–H and O–H groups in total. The zero-order valence-corrected chi connectivity index (χ0v) is 18.9. The lowest BCUT2D eigenvalue weighted by atomic mass is 10.1. The van der Waals surface area contributed by atoms with Gasteiger partial charge in [0.15, 0.2) is 5.96 Å². The van der Waals surface area contributed by atoms with Crippen LogP contribution in [0.3, 0.4) is 0 Å². The summed E-state index contributed by atoms with van der Waals surface area (Å²) in [5.41, 5.74) is 2.38. The third-order valence-corrected chi connectivity index (χ3v) is 5.50. The van der Waals surface area contributed by atoms with Crippen LogP contribution in [0.25, 0.3) is 0 Å². The molecule has 2 aliphatic heterocycles. The van der Waals surface area contributed by atoms with E-state index in [-0.39, 0.29) is 0 Å². The monoisotopic (exact) mass is 433 g/mol. The van der Waals surface area contributed by atoms with Gasteiger partial charge in [-0.05, 0) is 50.2 Å². The highest BCUT2D eigenvalue weighted by Gasteiger charge is 2.15. The Morgan fingerprint density at radius 2 is 2.00 bits per heavy atom. The summed E-state index contributed by atoms with van der Waals surface area (Å²) < 4.78 is 22.7. The minimum absolute atomic E-state index is 0.296. The molecule has 0 spiro atoms. The molecule has 0 aromatic heterocycles. The Kier molecular flexibility index (Phi) is 11.1. The van der Waals surface area contributed by atoms with Gasteiger partial charge in [0.2, 0.25) is 0 Å². The number of nitrogens with one attached hydrogen (secondary N) is 2. The first-order valence-electron chi connectivity index (χ1n) is 11.8. The summed E-state index contributed by atoms with van der Waals surface area (Å²) in [6.45, 7) is 8.96. The standard InChI is InChI=1S/C24H39N3O4/c1-2-25-24(26-11-5-12-29-19-23-8-4-13-30-23)27-17-20-6-3-7-21(16-20)18-31-22-9-14-28-15-10-22/h3,6-7,16,22-23H,2,4-5,8-15,17-19H2,1H3,(H2,25,26,27). The van der Waals surface area contributed by atoms with Gasteiger partial charge in [0.25, 0.3) is 0 Å². The molecular weight excluding hydrogens is 394 g/mol. The van der Waals surface area contributed by atoms with Crippen LogP contribution in [0.15, 0.2) is 29.3 Å². The van der Waals surface area contributed by atoms with Crippen LogP contribution < -0.4 is 10.6 Å². The first kappa shape index (κ1) is 24.0. The average molecular weight is 434 g/mol. The summed E-state index contributed by atoms with van der Waals surface area (Å²) in [6, 6.07) is 8.50. The summed E-state index contributed by atoms with van der Waals surface area (Å²) in [4.78, 5) is 4.73. The van der Waals surface area contributed by atoms with Crippen LogP contribution >= 0.6 is 0 Å². The van der Waals surface area contributed by atoms with Crippen molar-refractivity contribution in [1.29, 1.82) is 0 Å². The van der Waals surface area contributed by atoms with Gasteiger partial charge in [-0.25, -0.2) is 4.99 Å². The molecule has 2 aliphatic rings. The highest BCUT2D eigenvalue weighted by molar-refractivity contribution is 5.79. The smallest absolute Gasteiger partial charge is 0.191 e. The normalized spacial score (nSPS) is 20.2. The Morgan fingerprint density at radius 1 is 1.13 bits per heavy atom. The van der Waals surface area contributed by atoms with Crippen molar-refractivity contribution in [2.24, 2.45) is 4.99 Å². The first-order valence-corrected chi connectivity index (χ1v) is 11.8. The summed E-state index contributed by atoms with van der Waals surface area (Å²) in [5.74, 6) is 0.838. The predicted molar refractivity (Wildman–Crippen MR) is 122 cm³/mol. The Balaban J connectivity index is 1.36. The van der Waals surface area contributed by atoms with Gasteiger partial charge in [-0.1, -0.05) is 24.3 Å². The second-order valence-electron chi connectivity index (χ2n) is 8.13. The van der Waals surface area contributed by atoms with Gasteiger partial charge >= 0.3 is 0 Å². The van der Waals surface area contributed by atoms with Gasteiger partial charge in [-0.2, -0.15) is 0 Å². The zero-order valence-electron chi connectivity index (χ0n) is 18.9. The van der Waals surface area contributed by atoms with Crippen molar-refractivity contribution in [3.63, 3.8) is 0 Å². The topological polar surface area (TPSA) is 73.3 Å². The van der Waals surface area contributed by atoms with E-state index < -0.39 is 0 Å². The Hall–Kier alpha value is -1.67. The molecule has 2 fully saturated rings. The number of hydrogen-bond acceptors (Lipinski definition) is 5. The molecule has 0 amide bonds. The molecule has 2 heterocycles. The fourth-order valence-electron chi connectivity index (χ4n) is 3.76. The maximum absolute atomic E-state index is 6.05. The quantitative estimate of drug-likeness (QED) is 0.300. The molecule has 7 heteroatoms. The fourth-order valence-corrected chi connectivity index (χ4v) is 3.76. The molecule has 7 nitrogen and oxygen atoms in total. The van der Waals surface area contributed by atoms with E-state index >= 15 is 0 Å². The molecule has 1 aromatic rings. The van der Waals surface area contributed by atoms with E-state index in [1.807, 2.05) is 0 Å². The van der Waals surface area contributed by atoms with Crippen LogP contribution in [0, 0.1) is 0 Å². The van der Waals surface area contributed by atoms with E-state index in [2.05, 4.69) is 41.8 Å². The van der Waals surface area contributed by atoms with E-state index in [9.17, 15) is 0 Å². The second-order valence-corrected chi connectivity index (χ2v) is 8.13. The van der Waals surface area contributed by atoms with Crippen molar-refractivity contribution in [2.75, 3.05) is 46.1 Å². The molecule has 3 rings (SSSR count). The number of benzene rings is 1.